The van der Waals surface area contributed by atoms with E-state index >= 15 is 0 Å². The molecule has 0 saturated heterocycles. The van der Waals surface area contributed by atoms with E-state index in [4.69, 9.17) is 14.2 Å². The molecule has 27 heavy (non-hydrogen) atoms. The number of anilines is 1. The number of nitrogens with one attached hydrogen (secondary N) is 1. The minimum atomic E-state index is -0.924. The van der Waals surface area contributed by atoms with E-state index in [0.29, 0.717) is 18.0 Å². The number of esters is 1. The maximum atomic E-state index is 12.1. The van der Waals surface area contributed by atoms with Crippen LogP contribution in [0.5, 0.6) is 11.5 Å². The predicted molar refractivity (Wildman–Crippen MR) is 103 cm³/mol. The second-order valence-electron chi connectivity index (χ2n) is 5.86. The Bertz CT molecular complexity index is 740. The molecule has 0 aliphatic rings. The molecule has 0 spiro atoms. The van der Waals surface area contributed by atoms with Crippen LogP contribution in [0.4, 0.5) is 5.69 Å². The van der Waals surface area contributed by atoms with Gasteiger partial charge < -0.3 is 19.5 Å². The predicted octanol–water partition coefficient (Wildman–Crippen LogP) is 3.60. The highest BCUT2D eigenvalue weighted by Gasteiger charge is 2.18. The van der Waals surface area contributed by atoms with E-state index < -0.39 is 18.0 Å². The number of hydrogen-bond acceptors (Lipinski definition) is 5. The van der Waals surface area contributed by atoms with Gasteiger partial charge in [0.25, 0.3) is 5.91 Å². The lowest BCUT2D eigenvalue weighted by Crippen LogP contribution is -2.31. The number of carbonyl (C=O) groups excluding carboxylic acids is 2. The van der Waals surface area contributed by atoms with Gasteiger partial charge in [-0.05, 0) is 62.2 Å². The van der Waals surface area contributed by atoms with Gasteiger partial charge in [-0.25, -0.2) is 4.79 Å². The molecule has 0 unspecified atom stereocenters. The molecule has 6 nitrogen and oxygen atoms in total. The molecule has 0 fully saturated rings. The van der Waals surface area contributed by atoms with Crippen molar-refractivity contribution in [3.8, 4) is 11.5 Å². The van der Waals surface area contributed by atoms with Crippen LogP contribution in [0.3, 0.4) is 0 Å². The molecule has 2 rings (SSSR count). The molecule has 0 saturated carbocycles. The molecule has 0 heterocycles. The van der Waals surface area contributed by atoms with E-state index in [1.54, 1.807) is 24.3 Å². The second kappa shape index (κ2) is 10.2. The Kier molecular flexibility index (Phi) is 7.67. The largest absolute Gasteiger partial charge is 0.494 e. The zero-order valence-electron chi connectivity index (χ0n) is 15.9. The number of ether oxygens (including phenoxy) is 3. The molecule has 6 heteroatoms. The monoisotopic (exact) mass is 371 g/mol. The first-order valence-corrected chi connectivity index (χ1v) is 8.96. The number of aryl methyl sites for hydroxylation is 1. The van der Waals surface area contributed by atoms with Crippen LogP contribution in [0.25, 0.3) is 0 Å². The molecule has 2 aromatic carbocycles. The van der Waals surface area contributed by atoms with Gasteiger partial charge in [0.1, 0.15) is 11.5 Å². The van der Waals surface area contributed by atoms with Gasteiger partial charge in [0.05, 0.1) is 6.61 Å². The lowest BCUT2D eigenvalue weighted by molar-refractivity contribution is -0.155. The third-order valence-electron chi connectivity index (χ3n) is 3.80. The first kappa shape index (κ1) is 20.3. The van der Waals surface area contributed by atoms with Crippen LogP contribution in [0.15, 0.2) is 48.5 Å². The second-order valence-corrected chi connectivity index (χ2v) is 5.86. The molecule has 0 aliphatic heterocycles. The molecular formula is C21H25NO5. The summed E-state index contributed by atoms with van der Waals surface area (Å²) < 4.78 is 15.8. The van der Waals surface area contributed by atoms with Gasteiger partial charge >= 0.3 is 5.97 Å². The summed E-state index contributed by atoms with van der Waals surface area (Å²) in [5, 5.41) is 2.72. The summed E-state index contributed by atoms with van der Waals surface area (Å²) >= 11 is 0. The van der Waals surface area contributed by atoms with Gasteiger partial charge in [-0.3, -0.25) is 4.79 Å². The molecule has 2 aromatic rings. The zero-order valence-corrected chi connectivity index (χ0v) is 15.9. The van der Waals surface area contributed by atoms with E-state index in [1.807, 2.05) is 31.2 Å². The van der Waals surface area contributed by atoms with E-state index in [9.17, 15) is 9.59 Å². The van der Waals surface area contributed by atoms with Crippen molar-refractivity contribution in [2.75, 3.05) is 18.5 Å². The fourth-order valence-electron chi connectivity index (χ4n) is 2.29. The van der Waals surface area contributed by atoms with Crippen LogP contribution in [0.2, 0.25) is 0 Å². The summed E-state index contributed by atoms with van der Waals surface area (Å²) in [6.45, 7) is 5.78. The van der Waals surface area contributed by atoms with Gasteiger partial charge in [0.2, 0.25) is 0 Å². The third kappa shape index (κ3) is 6.66. The highest BCUT2D eigenvalue weighted by atomic mass is 16.6. The average molecular weight is 371 g/mol. The molecule has 0 radical (unpaired) electrons. The standard InChI is InChI=1S/C21H25NO5/c1-4-16-6-8-17(9-7-16)22-21(24)15(3)27-20(23)14-26-19-12-10-18(11-13-19)25-5-2/h6-13,15H,4-5,14H2,1-3H3,(H,22,24)/t15-/m1/s1. The SMILES string of the molecule is CCOc1ccc(OCC(=O)O[C@H](C)C(=O)Nc2ccc(CC)cc2)cc1. The van der Waals surface area contributed by atoms with Gasteiger partial charge in [0, 0.05) is 5.69 Å². The van der Waals surface area contributed by atoms with E-state index in [2.05, 4.69) is 12.2 Å². The highest BCUT2D eigenvalue weighted by molar-refractivity contribution is 5.95. The summed E-state index contributed by atoms with van der Waals surface area (Å²) in [4.78, 5) is 24.0. The van der Waals surface area contributed by atoms with Gasteiger partial charge in [-0.15, -0.1) is 0 Å². The Hall–Kier alpha value is -3.02. The van der Waals surface area contributed by atoms with Gasteiger partial charge in [0.15, 0.2) is 12.7 Å². The van der Waals surface area contributed by atoms with Crippen LogP contribution in [0.1, 0.15) is 26.3 Å². The van der Waals surface area contributed by atoms with Crippen molar-refractivity contribution in [2.45, 2.75) is 33.3 Å². The third-order valence-corrected chi connectivity index (χ3v) is 3.80. The van der Waals surface area contributed by atoms with Crippen molar-refractivity contribution >= 4 is 17.6 Å². The van der Waals surface area contributed by atoms with E-state index in [1.165, 1.54) is 12.5 Å². The smallest absolute Gasteiger partial charge is 0.344 e. The Labute approximate surface area is 159 Å². The molecule has 0 aliphatic carbocycles. The maximum absolute atomic E-state index is 12.1. The number of carbonyl (C=O) groups is 2. The first-order valence-electron chi connectivity index (χ1n) is 8.96. The highest BCUT2D eigenvalue weighted by Crippen LogP contribution is 2.17. The number of benzene rings is 2. The number of hydrogen-bond donors (Lipinski definition) is 1. The fourth-order valence-corrected chi connectivity index (χ4v) is 2.29. The van der Waals surface area contributed by atoms with E-state index in [0.717, 1.165) is 12.2 Å². The van der Waals surface area contributed by atoms with Gasteiger partial charge in [-0.2, -0.15) is 0 Å². The molecule has 144 valence electrons. The minimum Gasteiger partial charge on any atom is -0.494 e. The van der Waals surface area contributed by atoms with E-state index in [-0.39, 0.29) is 6.61 Å². The Morgan fingerprint density at radius 3 is 2.07 bits per heavy atom. The summed E-state index contributed by atoms with van der Waals surface area (Å²) in [5.41, 5.74) is 1.84. The normalized spacial score (nSPS) is 11.4. The summed E-state index contributed by atoms with van der Waals surface area (Å²) in [7, 11) is 0. The maximum Gasteiger partial charge on any atom is 0.344 e. The van der Waals surface area contributed by atoms with Gasteiger partial charge in [-0.1, -0.05) is 19.1 Å². The lowest BCUT2D eigenvalue weighted by atomic mass is 10.1. The molecular weight excluding hydrogens is 346 g/mol. The molecule has 1 N–H and O–H groups in total. The van der Waals surface area contributed by atoms with Crippen molar-refractivity contribution in [3.05, 3.63) is 54.1 Å². The summed E-state index contributed by atoms with van der Waals surface area (Å²) in [5.74, 6) is 0.231. The Balaban J connectivity index is 1.77. The Morgan fingerprint density at radius 1 is 0.926 bits per heavy atom. The topological polar surface area (TPSA) is 73.9 Å². The van der Waals surface area contributed by atoms with Crippen LogP contribution >= 0.6 is 0 Å². The molecule has 0 bridgehead atoms. The molecule has 0 aromatic heterocycles. The molecule has 1 atom stereocenters. The first-order chi connectivity index (χ1) is 13.0. The van der Waals surface area contributed by atoms with Crippen LogP contribution in [0, 0.1) is 0 Å². The van der Waals surface area contributed by atoms with Crippen LogP contribution in [-0.2, 0) is 20.7 Å². The fraction of sp³-hybridized carbons (Fsp3) is 0.333. The average Bonchev–Trinajstić information content (AvgIpc) is 2.68. The summed E-state index contributed by atoms with van der Waals surface area (Å²) in [6.07, 6.45) is 0.00337. The minimum absolute atomic E-state index is 0.281. The zero-order chi connectivity index (χ0) is 19.6. The lowest BCUT2D eigenvalue weighted by Gasteiger charge is -2.14. The molecule has 1 amide bonds. The number of amides is 1. The van der Waals surface area contributed by atoms with Crippen molar-refractivity contribution in [1.29, 1.82) is 0 Å². The Morgan fingerprint density at radius 2 is 1.52 bits per heavy atom. The quantitative estimate of drug-likeness (QED) is 0.682. The van der Waals surface area contributed by atoms with Crippen LogP contribution in [-0.4, -0.2) is 31.2 Å². The van der Waals surface area contributed by atoms with Crippen molar-refractivity contribution in [1.82, 2.24) is 0 Å². The van der Waals surface area contributed by atoms with Crippen molar-refractivity contribution in [3.63, 3.8) is 0 Å². The van der Waals surface area contributed by atoms with Crippen molar-refractivity contribution in [2.24, 2.45) is 0 Å². The van der Waals surface area contributed by atoms with Crippen molar-refractivity contribution < 1.29 is 23.8 Å². The van der Waals surface area contributed by atoms with Crippen LogP contribution < -0.4 is 14.8 Å². The summed E-state index contributed by atoms with van der Waals surface area (Å²) in [6, 6.07) is 14.4. The number of rotatable bonds is 9.